The molecule has 1 saturated heterocycles. The zero-order valence-electron chi connectivity index (χ0n) is 14.7. The summed E-state index contributed by atoms with van der Waals surface area (Å²) in [7, 11) is -3.19. The molecule has 0 radical (unpaired) electrons. The number of benzene rings is 1. The lowest BCUT2D eigenvalue weighted by Gasteiger charge is -2.30. The van der Waals surface area contributed by atoms with Gasteiger partial charge in [-0.25, -0.2) is 8.42 Å². The normalized spacial score (nSPS) is 20.4. The van der Waals surface area contributed by atoms with E-state index in [2.05, 4.69) is 17.6 Å². The van der Waals surface area contributed by atoms with Gasteiger partial charge in [-0.1, -0.05) is 0 Å². The smallest absolute Gasteiger partial charge is 0.220 e. The summed E-state index contributed by atoms with van der Waals surface area (Å²) >= 11 is 0. The maximum Gasteiger partial charge on any atom is 0.220 e. The van der Waals surface area contributed by atoms with Gasteiger partial charge in [0.05, 0.1) is 11.5 Å². The van der Waals surface area contributed by atoms with Crippen LogP contribution in [0.5, 0.6) is 5.75 Å². The molecule has 1 aliphatic rings. The number of sulfone groups is 1. The Balaban J connectivity index is 0.00000312. The van der Waals surface area contributed by atoms with Gasteiger partial charge in [0.15, 0.2) is 9.84 Å². The van der Waals surface area contributed by atoms with Crippen LogP contribution in [0.3, 0.4) is 0 Å². The van der Waals surface area contributed by atoms with Crippen molar-refractivity contribution in [2.24, 2.45) is 0 Å². The molecule has 1 aromatic carbocycles. The van der Waals surface area contributed by atoms with Crippen LogP contribution in [0.4, 0.5) is 0 Å². The molecule has 0 bridgehead atoms. The highest BCUT2D eigenvalue weighted by Gasteiger charge is 2.21. The molecule has 6 nitrogen and oxygen atoms in total. The lowest BCUT2D eigenvalue weighted by atomic mass is 10.00. The van der Waals surface area contributed by atoms with Gasteiger partial charge < -0.3 is 15.4 Å². The Kier molecular flexibility index (Phi) is 8.68. The summed E-state index contributed by atoms with van der Waals surface area (Å²) in [6.45, 7) is 3.52. The SMILES string of the molecule is CC1NCCCC1NC(=O)CCCOc1ccc(S(C)(=O)=O)cc1.Cl. The minimum absolute atomic E-state index is 0. The summed E-state index contributed by atoms with van der Waals surface area (Å²) in [5, 5.41) is 6.43. The van der Waals surface area contributed by atoms with Gasteiger partial charge >= 0.3 is 0 Å². The van der Waals surface area contributed by atoms with Crippen molar-refractivity contribution in [2.75, 3.05) is 19.4 Å². The molecule has 2 unspecified atom stereocenters. The highest BCUT2D eigenvalue weighted by Crippen LogP contribution is 2.16. The topological polar surface area (TPSA) is 84.5 Å². The third kappa shape index (κ3) is 7.22. The third-order valence-corrected chi connectivity index (χ3v) is 5.31. The summed E-state index contributed by atoms with van der Waals surface area (Å²) < 4.78 is 28.3. The molecule has 1 fully saturated rings. The van der Waals surface area contributed by atoms with Gasteiger partial charge in [-0.2, -0.15) is 0 Å². The van der Waals surface area contributed by atoms with E-state index in [0.29, 0.717) is 31.2 Å². The van der Waals surface area contributed by atoms with Crippen molar-refractivity contribution >= 4 is 28.2 Å². The summed E-state index contributed by atoms with van der Waals surface area (Å²) in [6.07, 6.45) is 4.31. The maximum absolute atomic E-state index is 12.0. The minimum Gasteiger partial charge on any atom is -0.494 e. The lowest BCUT2D eigenvalue weighted by Crippen LogP contribution is -2.51. The Morgan fingerprint density at radius 2 is 2.00 bits per heavy atom. The van der Waals surface area contributed by atoms with Crippen LogP contribution in [0, 0.1) is 0 Å². The number of amides is 1. The van der Waals surface area contributed by atoms with Gasteiger partial charge in [0.2, 0.25) is 5.91 Å². The van der Waals surface area contributed by atoms with Gasteiger partial charge in [0.1, 0.15) is 5.75 Å². The fourth-order valence-corrected chi connectivity index (χ4v) is 3.36. The molecule has 1 aromatic rings. The van der Waals surface area contributed by atoms with Crippen LogP contribution in [0.1, 0.15) is 32.6 Å². The van der Waals surface area contributed by atoms with Gasteiger partial charge in [-0.15, -0.1) is 12.4 Å². The monoisotopic (exact) mass is 390 g/mol. The predicted octanol–water partition coefficient (Wildman–Crippen LogP) is 1.93. The second-order valence-corrected chi connectivity index (χ2v) is 8.27. The molecule has 2 N–H and O–H groups in total. The van der Waals surface area contributed by atoms with E-state index in [-0.39, 0.29) is 29.3 Å². The number of nitrogens with one attached hydrogen (secondary N) is 2. The second-order valence-electron chi connectivity index (χ2n) is 6.25. The van der Waals surface area contributed by atoms with Crippen molar-refractivity contribution in [3.8, 4) is 5.75 Å². The Hall–Kier alpha value is -1.31. The first-order chi connectivity index (χ1) is 11.4. The van der Waals surface area contributed by atoms with Crippen LogP contribution < -0.4 is 15.4 Å². The van der Waals surface area contributed by atoms with Gasteiger partial charge in [0, 0.05) is 24.8 Å². The average Bonchev–Trinajstić information content (AvgIpc) is 2.53. The molecule has 0 aromatic heterocycles. The molecule has 1 amide bonds. The Morgan fingerprint density at radius 1 is 1.32 bits per heavy atom. The van der Waals surface area contributed by atoms with Crippen LogP contribution in [-0.4, -0.2) is 45.8 Å². The molecule has 25 heavy (non-hydrogen) atoms. The number of hydrogen-bond donors (Lipinski definition) is 2. The first-order valence-electron chi connectivity index (χ1n) is 8.32. The highest BCUT2D eigenvalue weighted by atomic mass is 35.5. The number of halogens is 1. The van der Waals surface area contributed by atoms with Crippen molar-refractivity contribution in [1.29, 1.82) is 0 Å². The number of carbonyl (C=O) groups excluding carboxylic acids is 1. The van der Waals surface area contributed by atoms with Crippen LogP contribution in [0.25, 0.3) is 0 Å². The molecule has 1 heterocycles. The van der Waals surface area contributed by atoms with E-state index in [0.717, 1.165) is 19.4 Å². The number of piperidine rings is 1. The van der Waals surface area contributed by atoms with Crippen LogP contribution in [-0.2, 0) is 14.6 Å². The molecule has 0 saturated carbocycles. The Labute approximate surface area is 156 Å². The van der Waals surface area contributed by atoms with E-state index < -0.39 is 9.84 Å². The third-order valence-electron chi connectivity index (χ3n) is 4.18. The first-order valence-corrected chi connectivity index (χ1v) is 10.2. The van der Waals surface area contributed by atoms with Crippen molar-refractivity contribution in [3.05, 3.63) is 24.3 Å². The van der Waals surface area contributed by atoms with Gasteiger partial charge in [0.25, 0.3) is 0 Å². The summed E-state index contributed by atoms with van der Waals surface area (Å²) in [5.74, 6) is 0.652. The van der Waals surface area contributed by atoms with E-state index >= 15 is 0 Å². The standard InChI is InChI=1S/C17H26N2O4S.ClH/c1-13-16(5-3-11-18-13)19-17(20)6-4-12-23-14-7-9-15(10-8-14)24(2,21)22;/h7-10,13,16,18H,3-6,11-12H2,1-2H3,(H,19,20);1H. The van der Waals surface area contributed by atoms with Crippen LogP contribution in [0.15, 0.2) is 29.2 Å². The molecular formula is C17H27ClN2O4S. The second kappa shape index (κ2) is 9.99. The molecule has 8 heteroatoms. The van der Waals surface area contributed by atoms with Gasteiger partial charge in [-0.3, -0.25) is 4.79 Å². The molecule has 2 rings (SSSR count). The first kappa shape index (κ1) is 21.7. The van der Waals surface area contributed by atoms with E-state index in [1.165, 1.54) is 18.4 Å². The predicted molar refractivity (Wildman–Crippen MR) is 100 cm³/mol. The quantitative estimate of drug-likeness (QED) is 0.695. The largest absolute Gasteiger partial charge is 0.494 e. The zero-order valence-corrected chi connectivity index (χ0v) is 16.3. The maximum atomic E-state index is 12.0. The Morgan fingerprint density at radius 3 is 2.60 bits per heavy atom. The molecule has 142 valence electrons. The van der Waals surface area contributed by atoms with E-state index in [1.54, 1.807) is 12.1 Å². The van der Waals surface area contributed by atoms with E-state index in [4.69, 9.17) is 4.74 Å². The van der Waals surface area contributed by atoms with Crippen LogP contribution in [0.2, 0.25) is 0 Å². The molecule has 2 atom stereocenters. The van der Waals surface area contributed by atoms with E-state index in [1.807, 2.05) is 0 Å². The minimum atomic E-state index is -3.19. The average molecular weight is 391 g/mol. The van der Waals surface area contributed by atoms with Crippen molar-refractivity contribution in [1.82, 2.24) is 10.6 Å². The summed E-state index contributed by atoms with van der Waals surface area (Å²) in [6, 6.07) is 6.82. The van der Waals surface area contributed by atoms with Crippen molar-refractivity contribution in [3.63, 3.8) is 0 Å². The van der Waals surface area contributed by atoms with E-state index in [9.17, 15) is 13.2 Å². The molecule has 1 aliphatic heterocycles. The zero-order chi connectivity index (χ0) is 17.6. The number of ether oxygens (including phenoxy) is 1. The molecule has 0 spiro atoms. The fourth-order valence-electron chi connectivity index (χ4n) is 2.73. The number of carbonyl (C=O) groups is 1. The summed E-state index contributed by atoms with van der Waals surface area (Å²) in [4.78, 5) is 12.2. The lowest BCUT2D eigenvalue weighted by molar-refractivity contribution is -0.122. The van der Waals surface area contributed by atoms with Crippen LogP contribution >= 0.6 is 12.4 Å². The highest BCUT2D eigenvalue weighted by molar-refractivity contribution is 7.90. The number of rotatable bonds is 7. The summed E-state index contributed by atoms with van der Waals surface area (Å²) in [5.41, 5.74) is 0. The van der Waals surface area contributed by atoms with Gasteiger partial charge in [-0.05, 0) is 57.0 Å². The molecule has 0 aliphatic carbocycles. The van der Waals surface area contributed by atoms with Crippen molar-refractivity contribution in [2.45, 2.75) is 49.6 Å². The number of hydrogen-bond acceptors (Lipinski definition) is 5. The Bertz CT molecular complexity index is 649. The van der Waals surface area contributed by atoms with Crippen molar-refractivity contribution < 1.29 is 17.9 Å². The fraction of sp³-hybridized carbons (Fsp3) is 0.588. The molecular weight excluding hydrogens is 364 g/mol.